The van der Waals surface area contributed by atoms with Crippen molar-refractivity contribution in [3.63, 3.8) is 0 Å². The van der Waals surface area contributed by atoms with Gasteiger partial charge in [-0.25, -0.2) is 0 Å². The van der Waals surface area contributed by atoms with Crippen LogP contribution in [-0.4, -0.2) is 30.7 Å². The number of pyridine rings is 1. The molecule has 1 aliphatic rings. The molecule has 1 N–H and O–H groups in total. The normalized spacial score (nSPS) is 21.9. The molecule has 0 amide bonds. The SMILES string of the molecule is CCC1CCN(c2cccnc2C)CCN1. The van der Waals surface area contributed by atoms with E-state index in [2.05, 4.69) is 35.1 Å². The van der Waals surface area contributed by atoms with Gasteiger partial charge in [0.1, 0.15) is 0 Å². The summed E-state index contributed by atoms with van der Waals surface area (Å²) < 4.78 is 0. The van der Waals surface area contributed by atoms with E-state index in [4.69, 9.17) is 0 Å². The zero-order chi connectivity index (χ0) is 11.4. The summed E-state index contributed by atoms with van der Waals surface area (Å²) in [6.07, 6.45) is 4.31. The molecule has 0 spiro atoms. The quantitative estimate of drug-likeness (QED) is 0.824. The molecule has 1 fully saturated rings. The molecule has 0 radical (unpaired) electrons. The van der Waals surface area contributed by atoms with Gasteiger partial charge >= 0.3 is 0 Å². The third kappa shape index (κ3) is 2.53. The van der Waals surface area contributed by atoms with Crippen LogP contribution in [0.25, 0.3) is 0 Å². The third-order valence-corrected chi connectivity index (χ3v) is 3.37. The average Bonchev–Trinajstić information content (AvgIpc) is 2.55. The van der Waals surface area contributed by atoms with Crippen LogP contribution in [0.1, 0.15) is 25.5 Å². The molecule has 2 heterocycles. The molecule has 0 aromatic carbocycles. The van der Waals surface area contributed by atoms with Gasteiger partial charge in [-0.2, -0.15) is 0 Å². The van der Waals surface area contributed by atoms with Gasteiger partial charge in [0.15, 0.2) is 0 Å². The Bertz CT molecular complexity index is 338. The Balaban J connectivity index is 2.08. The van der Waals surface area contributed by atoms with E-state index in [9.17, 15) is 0 Å². The summed E-state index contributed by atoms with van der Waals surface area (Å²) in [7, 11) is 0. The molecule has 1 aliphatic heterocycles. The highest BCUT2D eigenvalue weighted by Crippen LogP contribution is 2.19. The van der Waals surface area contributed by atoms with Gasteiger partial charge < -0.3 is 10.2 Å². The lowest BCUT2D eigenvalue weighted by molar-refractivity contribution is 0.510. The van der Waals surface area contributed by atoms with Crippen LogP contribution in [0.5, 0.6) is 0 Å². The zero-order valence-corrected chi connectivity index (χ0v) is 10.2. The molecule has 16 heavy (non-hydrogen) atoms. The molecule has 1 saturated heterocycles. The Morgan fingerprint density at radius 3 is 3.12 bits per heavy atom. The van der Waals surface area contributed by atoms with Crippen LogP contribution in [0.15, 0.2) is 18.3 Å². The van der Waals surface area contributed by atoms with Crippen molar-refractivity contribution in [2.45, 2.75) is 32.7 Å². The maximum Gasteiger partial charge on any atom is 0.0605 e. The minimum Gasteiger partial charge on any atom is -0.369 e. The number of aryl methyl sites for hydroxylation is 1. The monoisotopic (exact) mass is 219 g/mol. The summed E-state index contributed by atoms with van der Waals surface area (Å²) in [4.78, 5) is 6.81. The minimum absolute atomic E-state index is 0.682. The van der Waals surface area contributed by atoms with E-state index in [0.717, 1.165) is 25.3 Å². The largest absolute Gasteiger partial charge is 0.369 e. The molecule has 3 heteroatoms. The molecule has 0 saturated carbocycles. The van der Waals surface area contributed by atoms with Gasteiger partial charge in [0.25, 0.3) is 0 Å². The highest BCUT2D eigenvalue weighted by Gasteiger charge is 2.16. The van der Waals surface area contributed by atoms with E-state index in [0.29, 0.717) is 6.04 Å². The highest BCUT2D eigenvalue weighted by atomic mass is 15.2. The third-order valence-electron chi connectivity index (χ3n) is 3.37. The summed E-state index contributed by atoms with van der Waals surface area (Å²) in [5, 5.41) is 3.59. The maximum atomic E-state index is 4.36. The van der Waals surface area contributed by atoms with Crippen molar-refractivity contribution >= 4 is 5.69 Å². The van der Waals surface area contributed by atoms with Crippen LogP contribution in [0.2, 0.25) is 0 Å². The lowest BCUT2D eigenvalue weighted by atomic mass is 10.1. The first-order valence-corrected chi connectivity index (χ1v) is 6.21. The van der Waals surface area contributed by atoms with Crippen molar-refractivity contribution in [1.82, 2.24) is 10.3 Å². The fourth-order valence-electron chi connectivity index (χ4n) is 2.33. The lowest BCUT2D eigenvalue weighted by Crippen LogP contribution is -2.30. The van der Waals surface area contributed by atoms with Gasteiger partial charge in [-0.05, 0) is 31.9 Å². The number of hydrogen-bond donors (Lipinski definition) is 1. The predicted octanol–water partition coefficient (Wildman–Crippen LogP) is 1.97. The fraction of sp³-hybridized carbons (Fsp3) is 0.615. The lowest BCUT2D eigenvalue weighted by Gasteiger charge is -2.23. The topological polar surface area (TPSA) is 28.2 Å². The summed E-state index contributed by atoms with van der Waals surface area (Å²) in [6.45, 7) is 7.64. The number of rotatable bonds is 2. The first kappa shape index (κ1) is 11.4. The fourth-order valence-corrected chi connectivity index (χ4v) is 2.33. The molecular weight excluding hydrogens is 198 g/mol. The van der Waals surface area contributed by atoms with E-state index in [1.807, 2.05) is 12.3 Å². The average molecular weight is 219 g/mol. The Morgan fingerprint density at radius 2 is 2.38 bits per heavy atom. The van der Waals surface area contributed by atoms with Gasteiger partial charge in [0.2, 0.25) is 0 Å². The van der Waals surface area contributed by atoms with Crippen LogP contribution in [0.3, 0.4) is 0 Å². The summed E-state index contributed by atoms with van der Waals surface area (Å²) in [6, 6.07) is 4.88. The van der Waals surface area contributed by atoms with E-state index in [1.165, 1.54) is 18.5 Å². The summed E-state index contributed by atoms with van der Waals surface area (Å²) in [5.74, 6) is 0. The van der Waals surface area contributed by atoms with E-state index in [1.54, 1.807) is 0 Å². The molecule has 0 aliphatic carbocycles. The van der Waals surface area contributed by atoms with Gasteiger partial charge in [0.05, 0.1) is 11.4 Å². The van der Waals surface area contributed by atoms with Crippen LogP contribution in [-0.2, 0) is 0 Å². The number of aromatic nitrogens is 1. The van der Waals surface area contributed by atoms with Crippen LogP contribution in [0, 0.1) is 6.92 Å². The van der Waals surface area contributed by atoms with E-state index >= 15 is 0 Å². The number of hydrogen-bond acceptors (Lipinski definition) is 3. The smallest absolute Gasteiger partial charge is 0.0605 e. The minimum atomic E-state index is 0.682. The second kappa shape index (κ2) is 5.30. The first-order chi connectivity index (χ1) is 7.81. The van der Waals surface area contributed by atoms with Gasteiger partial charge in [-0.3, -0.25) is 4.98 Å². The van der Waals surface area contributed by atoms with Gasteiger partial charge in [-0.15, -0.1) is 0 Å². The van der Waals surface area contributed by atoms with Crippen molar-refractivity contribution in [1.29, 1.82) is 0 Å². The van der Waals surface area contributed by atoms with E-state index in [-0.39, 0.29) is 0 Å². The second-order valence-electron chi connectivity index (χ2n) is 4.44. The molecule has 1 aromatic rings. The zero-order valence-electron chi connectivity index (χ0n) is 10.2. The summed E-state index contributed by atoms with van der Waals surface area (Å²) in [5.41, 5.74) is 2.43. The van der Waals surface area contributed by atoms with Crippen LogP contribution in [0.4, 0.5) is 5.69 Å². The van der Waals surface area contributed by atoms with Crippen molar-refractivity contribution in [2.24, 2.45) is 0 Å². The Morgan fingerprint density at radius 1 is 1.50 bits per heavy atom. The number of nitrogens with one attached hydrogen (secondary N) is 1. The number of anilines is 1. The molecule has 2 rings (SSSR count). The van der Waals surface area contributed by atoms with Gasteiger partial charge in [-0.1, -0.05) is 6.92 Å². The van der Waals surface area contributed by atoms with E-state index < -0.39 is 0 Å². The number of nitrogens with zero attached hydrogens (tertiary/aromatic N) is 2. The van der Waals surface area contributed by atoms with Crippen molar-refractivity contribution in [3.05, 3.63) is 24.0 Å². The highest BCUT2D eigenvalue weighted by molar-refractivity contribution is 5.49. The molecule has 1 atom stereocenters. The van der Waals surface area contributed by atoms with Crippen molar-refractivity contribution in [2.75, 3.05) is 24.5 Å². The van der Waals surface area contributed by atoms with Gasteiger partial charge in [0, 0.05) is 31.9 Å². The standard InChI is InChI=1S/C13H21N3/c1-3-12-6-9-16(10-8-15-12)13-5-4-7-14-11(13)2/h4-5,7,12,15H,3,6,8-10H2,1-2H3. The predicted molar refractivity (Wildman–Crippen MR) is 67.9 cm³/mol. The Hall–Kier alpha value is -1.09. The van der Waals surface area contributed by atoms with Crippen LogP contribution < -0.4 is 10.2 Å². The molecule has 1 unspecified atom stereocenters. The molecule has 1 aromatic heterocycles. The second-order valence-corrected chi connectivity index (χ2v) is 4.44. The first-order valence-electron chi connectivity index (χ1n) is 6.21. The Labute approximate surface area is 97.9 Å². The van der Waals surface area contributed by atoms with Crippen molar-refractivity contribution in [3.8, 4) is 0 Å². The molecule has 0 bridgehead atoms. The summed E-state index contributed by atoms with van der Waals surface area (Å²) >= 11 is 0. The molecule has 88 valence electrons. The maximum absolute atomic E-state index is 4.36. The molecule has 3 nitrogen and oxygen atoms in total. The molecular formula is C13H21N3. The van der Waals surface area contributed by atoms with Crippen molar-refractivity contribution < 1.29 is 0 Å². The van der Waals surface area contributed by atoms with Crippen LogP contribution >= 0.6 is 0 Å². The Kier molecular flexibility index (Phi) is 3.78.